The summed E-state index contributed by atoms with van der Waals surface area (Å²) in [5.74, 6) is -0.784. The van der Waals surface area contributed by atoms with Gasteiger partial charge >= 0.3 is 5.97 Å². The second-order valence-corrected chi connectivity index (χ2v) is 3.54. The summed E-state index contributed by atoms with van der Waals surface area (Å²) < 4.78 is 0. The van der Waals surface area contributed by atoms with Crippen molar-refractivity contribution in [2.75, 3.05) is 0 Å². The molecule has 1 aromatic rings. The van der Waals surface area contributed by atoms with Gasteiger partial charge in [-0.15, -0.1) is 0 Å². The molecule has 0 aromatic heterocycles. The third-order valence-electron chi connectivity index (χ3n) is 1.85. The second-order valence-electron chi connectivity index (χ2n) is 2.98. The van der Waals surface area contributed by atoms with Crippen LogP contribution in [0.25, 0.3) is 0 Å². The Hall–Kier alpha value is -0.830. The highest BCUT2D eigenvalue weighted by Crippen LogP contribution is 2.15. The first-order valence-corrected chi connectivity index (χ1v) is 5.12. The average molecular weight is 243 g/mol. The molecule has 13 heavy (non-hydrogen) atoms. The predicted molar refractivity (Wildman–Crippen MR) is 55.1 cm³/mol. The monoisotopic (exact) mass is 242 g/mol. The van der Waals surface area contributed by atoms with Gasteiger partial charge in [0.25, 0.3) is 0 Å². The highest BCUT2D eigenvalue weighted by molar-refractivity contribution is 9.08. The summed E-state index contributed by atoms with van der Waals surface area (Å²) in [5, 5.41) is 9.37. The van der Waals surface area contributed by atoms with Crippen LogP contribution < -0.4 is 0 Å². The Morgan fingerprint density at radius 2 is 2.15 bits per heavy atom. The molecule has 1 N–H and O–H groups in total. The Labute approximate surface area is 85.7 Å². The Morgan fingerprint density at radius 1 is 1.46 bits per heavy atom. The molecule has 3 heteroatoms. The van der Waals surface area contributed by atoms with E-state index in [9.17, 15) is 4.79 Å². The lowest BCUT2D eigenvalue weighted by atomic mass is 10.0. The topological polar surface area (TPSA) is 37.3 Å². The fourth-order valence-electron chi connectivity index (χ4n) is 1.21. The van der Waals surface area contributed by atoms with Crippen LogP contribution in [0.4, 0.5) is 0 Å². The minimum absolute atomic E-state index is 0.0998. The number of aliphatic carboxylic acids is 1. The first kappa shape index (κ1) is 10.3. The number of carbonyl (C=O) groups is 1. The zero-order valence-electron chi connectivity index (χ0n) is 7.38. The van der Waals surface area contributed by atoms with E-state index >= 15 is 0 Å². The molecule has 0 fully saturated rings. The Morgan fingerprint density at radius 3 is 2.69 bits per heavy atom. The van der Waals surface area contributed by atoms with Gasteiger partial charge < -0.3 is 5.11 Å². The molecule has 0 aliphatic rings. The van der Waals surface area contributed by atoms with E-state index < -0.39 is 5.97 Å². The van der Waals surface area contributed by atoms with E-state index in [0.717, 1.165) is 16.7 Å². The summed E-state index contributed by atoms with van der Waals surface area (Å²) in [6.45, 7) is 1.96. The van der Waals surface area contributed by atoms with Gasteiger partial charge in [0.1, 0.15) is 0 Å². The van der Waals surface area contributed by atoms with Crippen LogP contribution in [-0.2, 0) is 16.5 Å². The van der Waals surface area contributed by atoms with Crippen molar-refractivity contribution >= 4 is 21.9 Å². The number of aryl methyl sites for hydroxylation is 1. The van der Waals surface area contributed by atoms with Gasteiger partial charge in [0.15, 0.2) is 0 Å². The molecule has 0 aliphatic heterocycles. The van der Waals surface area contributed by atoms with Gasteiger partial charge in [-0.3, -0.25) is 4.79 Å². The number of hydrogen-bond donors (Lipinski definition) is 1. The SMILES string of the molecule is Cc1ccc(CBr)c(CC(=O)O)c1. The van der Waals surface area contributed by atoms with Gasteiger partial charge in [0.2, 0.25) is 0 Å². The summed E-state index contributed by atoms with van der Waals surface area (Å²) in [6, 6.07) is 5.87. The van der Waals surface area contributed by atoms with E-state index in [-0.39, 0.29) is 6.42 Å². The Kier molecular flexibility index (Phi) is 3.48. The molecular weight excluding hydrogens is 232 g/mol. The van der Waals surface area contributed by atoms with Crippen molar-refractivity contribution in [3.05, 3.63) is 34.9 Å². The number of carboxylic acids is 1. The van der Waals surface area contributed by atoms with Crippen LogP contribution >= 0.6 is 15.9 Å². The van der Waals surface area contributed by atoms with Crippen molar-refractivity contribution in [2.24, 2.45) is 0 Å². The maximum atomic E-state index is 10.5. The lowest BCUT2D eigenvalue weighted by molar-refractivity contribution is -0.136. The molecule has 70 valence electrons. The van der Waals surface area contributed by atoms with Crippen LogP contribution in [-0.4, -0.2) is 11.1 Å². The quantitative estimate of drug-likeness (QED) is 0.828. The molecule has 0 atom stereocenters. The van der Waals surface area contributed by atoms with Crippen LogP contribution in [0.15, 0.2) is 18.2 Å². The normalized spacial score (nSPS) is 10.0. The zero-order valence-corrected chi connectivity index (χ0v) is 8.97. The molecule has 1 rings (SSSR count). The number of rotatable bonds is 3. The maximum Gasteiger partial charge on any atom is 0.307 e. The summed E-state index contributed by atoms with van der Waals surface area (Å²) in [6.07, 6.45) is 0.0998. The van der Waals surface area contributed by atoms with E-state index in [1.165, 1.54) is 0 Å². The molecule has 0 aliphatic carbocycles. The van der Waals surface area contributed by atoms with Crippen LogP contribution in [0.2, 0.25) is 0 Å². The maximum absolute atomic E-state index is 10.5. The molecular formula is C10H11BrO2. The first-order chi connectivity index (χ1) is 6.13. The molecule has 0 saturated carbocycles. The molecule has 0 heterocycles. The molecule has 0 unspecified atom stereocenters. The van der Waals surface area contributed by atoms with E-state index in [1.807, 2.05) is 25.1 Å². The van der Waals surface area contributed by atoms with Gasteiger partial charge in [-0.05, 0) is 18.1 Å². The average Bonchev–Trinajstić information content (AvgIpc) is 2.03. The molecule has 0 radical (unpaired) electrons. The van der Waals surface area contributed by atoms with Crippen molar-refractivity contribution in [1.82, 2.24) is 0 Å². The Bertz CT molecular complexity index is 321. The zero-order chi connectivity index (χ0) is 9.84. The minimum atomic E-state index is -0.784. The summed E-state index contributed by atoms with van der Waals surface area (Å²) in [5.41, 5.74) is 3.04. The number of hydrogen-bond acceptors (Lipinski definition) is 1. The largest absolute Gasteiger partial charge is 0.481 e. The van der Waals surface area contributed by atoms with Gasteiger partial charge in [0.05, 0.1) is 6.42 Å². The molecule has 1 aromatic carbocycles. The molecule has 2 nitrogen and oxygen atoms in total. The van der Waals surface area contributed by atoms with E-state index in [1.54, 1.807) is 0 Å². The van der Waals surface area contributed by atoms with Gasteiger partial charge in [-0.2, -0.15) is 0 Å². The van der Waals surface area contributed by atoms with E-state index in [0.29, 0.717) is 5.33 Å². The minimum Gasteiger partial charge on any atom is -0.481 e. The highest BCUT2D eigenvalue weighted by atomic mass is 79.9. The smallest absolute Gasteiger partial charge is 0.307 e. The number of alkyl halides is 1. The van der Waals surface area contributed by atoms with Crippen molar-refractivity contribution in [3.63, 3.8) is 0 Å². The third kappa shape index (κ3) is 2.84. The number of benzene rings is 1. The Balaban J connectivity index is 3.01. The first-order valence-electron chi connectivity index (χ1n) is 3.99. The van der Waals surface area contributed by atoms with Crippen molar-refractivity contribution in [1.29, 1.82) is 0 Å². The molecule has 0 saturated heterocycles. The number of halogens is 1. The van der Waals surface area contributed by atoms with Crippen LogP contribution in [0.3, 0.4) is 0 Å². The molecule has 0 bridgehead atoms. The number of carboxylic acid groups (broad SMARTS) is 1. The van der Waals surface area contributed by atoms with Crippen LogP contribution in [0.5, 0.6) is 0 Å². The second kappa shape index (κ2) is 4.42. The van der Waals surface area contributed by atoms with Gasteiger partial charge in [-0.1, -0.05) is 39.7 Å². The van der Waals surface area contributed by atoms with Crippen molar-refractivity contribution in [3.8, 4) is 0 Å². The third-order valence-corrected chi connectivity index (χ3v) is 2.45. The molecule has 0 amide bonds. The summed E-state index contributed by atoms with van der Waals surface area (Å²) in [4.78, 5) is 10.5. The van der Waals surface area contributed by atoms with Crippen LogP contribution in [0.1, 0.15) is 16.7 Å². The summed E-state index contributed by atoms with van der Waals surface area (Å²) >= 11 is 3.33. The standard InChI is InChI=1S/C10H11BrO2/c1-7-2-3-8(6-11)9(4-7)5-10(12)13/h2-4H,5-6H2,1H3,(H,12,13). The lowest BCUT2D eigenvalue weighted by Crippen LogP contribution is -2.03. The van der Waals surface area contributed by atoms with Gasteiger partial charge in [-0.25, -0.2) is 0 Å². The van der Waals surface area contributed by atoms with E-state index in [2.05, 4.69) is 15.9 Å². The van der Waals surface area contributed by atoms with Gasteiger partial charge in [0, 0.05) is 5.33 Å². The fourth-order valence-corrected chi connectivity index (χ4v) is 1.76. The lowest BCUT2D eigenvalue weighted by Gasteiger charge is -2.05. The highest BCUT2D eigenvalue weighted by Gasteiger charge is 2.05. The fraction of sp³-hybridized carbons (Fsp3) is 0.300. The van der Waals surface area contributed by atoms with Crippen molar-refractivity contribution < 1.29 is 9.90 Å². The van der Waals surface area contributed by atoms with E-state index in [4.69, 9.17) is 5.11 Å². The van der Waals surface area contributed by atoms with Crippen molar-refractivity contribution in [2.45, 2.75) is 18.7 Å². The molecule has 0 spiro atoms. The summed E-state index contributed by atoms with van der Waals surface area (Å²) in [7, 11) is 0. The predicted octanol–water partition coefficient (Wildman–Crippen LogP) is 2.52. The van der Waals surface area contributed by atoms with Crippen LogP contribution in [0, 0.1) is 6.92 Å².